The van der Waals surface area contributed by atoms with Crippen molar-refractivity contribution in [2.75, 3.05) is 31.6 Å². The lowest BCUT2D eigenvalue weighted by atomic mass is 9.66. The molecule has 2 atom stereocenters. The van der Waals surface area contributed by atoms with Crippen LogP contribution in [0.5, 0.6) is 0 Å². The maximum Gasteiger partial charge on any atom is 0.508 e. The first-order valence-electron chi connectivity index (χ1n) is 12.4. The monoisotopic (exact) mass is 603 g/mol. The largest absolute Gasteiger partial charge is 0.508 e. The minimum absolute atomic E-state index is 0.0200. The zero-order valence-electron chi connectivity index (χ0n) is 22.4. The van der Waals surface area contributed by atoms with Crippen molar-refractivity contribution in [2.24, 2.45) is 11.3 Å². The summed E-state index contributed by atoms with van der Waals surface area (Å²) >= 11 is 9.18. The molecule has 0 bridgehead atoms. The quantitative estimate of drug-likeness (QED) is 0.284. The number of amides is 3. The average Bonchev–Trinajstić information content (AvgIpc) is 2.81. The van der Waals surface area contributed by atoms with Crippen LogP contribution in [0.4, 0.5) is 9.59 Å². The van der Waals surface area contributed by atoms with Crippen molar-refractivity contribution >= 4 is 45.6 Å². The molecule has 1 saturated heterocycles. The topological polar surface area (TPSA) is 117 Å². The molecule has 0 aliphatic carbocycles. The zero-order chi connectivity index (χ0) is 28.0. The summed E-state index contributed by atoms with van der Waals surface area (Å²) < 4.78 is 10.1. The van der Waals surface area contributed by atoms with Crippen LogP contribution in [0.15, 0.2) is 24.3 Å². The van der Waals surface area contributed by atoms with Crippen molar-refractivity contribution in [3.05, 3.63) is 34.9 Å². The van der Waals surface area contributed by atoms with Gasteiger partial charge in [-0.2, -0.15) is 0 Å². The number of rotatable bonds is 9. The van der Waals surface area contributed by atoms with Gasteiger partial charge in [0, 0.05) is 28.9 Å². The number of alkyl halides is 1. The number of piperidine rings is 1. The lowest BCUT2D eigenvalue weighted by Crippen LogP contribution is -2.61. The molecule has 1 aromatic carbocycles. The maximum atomic E-state index is 13.5. The van der Waals surface area contributed by atoms with E-state index in [-0.39, 0.29) is 25.0 Å². The van der Waals surface area contributed by atoms with Crippen LogP contribution in [0.25, 0.3) is 0 Å². The lowest BCUT2D eigenvalue weighted by molar-refractivity contribution is -0.155. The van der Waals surface area contributed by atoms with E-state index in [1.54, 1.807) is 30.9 Å². The smallest absolute Gasteiger partial charge is 0.433 e. The van der Waals surface area contributed by atoms with Gasteiger partial charge in [0.2, 0.25) is 5.91 Å². The number of benzene rings is 1. The van der Waals surface area contributed by atoms with E-state index in [1.165, 1.54) is 0 Å². The minimum Gasteiger partial charge on any atom is -0.433 e. The molecule has 2 unspecified atom stereocenters. The molecular formula is C26H39BrClN3O6. The van der Waals surface area contributed by atoms with Gasteiger partial charge in [-0.25, -0.2) is 9.59 Å². The van der Waals surface area contributed by atoms with Crippen molar-refractivity contribution < 1.29 is 29.0 Å². The summed E-state index contributed by atoms with van der Waals surface area (Å²) in [4.78, 5) is 39.6. The van der Waals surface area contributed by atoms with E-state index >= 15 is 0 Å². The van der Waals surface area contributed by atoms with Crippen LogP contribution >= 0.6 is 27.5 Å². The number of aliphatic hydroxyl groups is 1. The number of urea groups is 1. The van der Waals surface area contributed by atoms with Crippen molar-refractivity contribution in [1.29, 1.82) is 0 Å². The Morgan fingerprint density at radius 2 is 1.84 bits per heavy atom. The Labute approximate surface area is 232 Å². The minimum atomic E-state index is -1.13. The van der Waals surface area contributed by atoms with Crippen LogP contribution < -0.4 is 10.6 Å². The van der Waals surface area contributed by atoms with E-state index in [0.717, 1.165) is 5.56 Å². The normalized spacial score (nSPS) is 20.2. The van der Waals surface area contributed by atoms with E-state index in [1.807, 2.05) is 39.8 Å². The number of nitrogens with zero attached hydrogens (tertiary/aromatic N) is 1. The first-order chi connectivity index (χ1) is 17.1. The number of ether oxygens (including phenoxy) is 2. The molecule has 0 aromatic heterocycles. The van der Waals surface area contributed by atoms with Crippen LogP contribution in [0.1, 0.15) is 53.5 Å². The van der Waals surface area contributed by atoms with Gasteiger partial charge in [-0.1, -0.05) is 67.4 Å². The number of carbonyl (C=O) groups is 3. The SMILES string of the molecule is CC(C)C(NC(=O)NCC(C)(C)OC(=O)OCCBr)C(=O)N1CCC(O)(c2ccc(Cl)cc2)C(C)(C)C1. The van der Waals surface area contributed by atoms with E-state index in [9.17, 15) is 19.5 Å². The van der Waals surface area contributed by atoms with Crippen molar-refractivity contribution in [3.8, 4) is 0 Å². The van der Waals surface area contributed by atoms with Gasteiger partial charge in [0.05, 0.1) is 12.1 Å². The Bertz CT molecular complexity index is 956. The number of halogens is 2. The number of nitrogens with one attached hydrogen (secondary N) is 2. The zero-order valence-corrected chi connectivity index (χ0v) is 24.7. The molecule has 1 aromatic rings. The summed E-state index contributed by atoms with van der Waals surface area (Å²) in [6, 6.07) is 5.81. The number of hydrogen-bond donors (Lipinski definition) is 3. The van der Waals surface area contributed by atoms with E-state index in [4.69, 9.17) is 21.1 Å². The molecule has 208 valence electrons. The summed E-state index contributed by atoms with van der Waals surface area (Å²) in [5.74, 6) is -0.396. The van der Waals surface area contributed by atoms with Crippen molar-refractivity contribution in [2.45, 2.75) is 65.2 Å². The number of carbonyl (C=O) groups excluding carboxylic acids is 3. The van der Waals surface area contributed by atoms with Crippen molar-refractivity contribution in [3.63, 3.8) is 0 Å². The van der Waals surface area contributed by atoms with Gasteiger partial charge in [-0.05, 0) is 43.9 Å². The fourth-order valence-electron chi connectivity index (χ4n) is 4.38. The van der Waals surface area contributed by atoms with Gasteiger partial charge in [-0.15, -0.1) is 0 Å². The fourth-order valence-corrected chi connectivity index (χ4v) is 4.67. The highest BCUT2D eigenvalue weighted by Crippen LogP contribution is 2.46. The van der Waals surface area contributed by atoms with Gasteiger partial charge in [0.1, 0.15) is 18.2 Å². The molecule has 1 aliphatic heterocycles. The van der Waals surface area contributed by atoms with Crippen LogP contribution in [0, 0.1) is 11.3 Å². The highest BCUT2D eigenvalue weighted by molar-refractivity contribution is 9.09. The first-order valence-corrected chi connectivity index (χ1v) is 13.8. The lowest BCUT2D eigenvalue weighted by Gasteiger charge is -2.51. The number of hydrogen-bond acceptors (Lipinski definition) is 6. The summed E-state index contributed by atoms with van der Waals surface area (Å²) in [6.07, 6.45) is -0.477. The van der Waals surface area contributed by atoms with Crippen LogP contribution in [0.2, 0.25) is 5.02 Å². The first kappa shape index (κ1) is 31.2. The fraction of sp³-hybridized carbons (Fsp3) is 0.654. The molecule has 1 fully saturated rings. The summed E-state index contributed by atoms with van der Waals surface area (Å²) in [7, 11) is 0. The Morgan fingerprint density at radius 3 is 2.38 bits per heavy atom. The third-order valence-corrected chi connectivity index (χ3v) is 7.21. The van der Waals surface area contributed by atoms with Gasteiger partial charge < -0.3 is 30.1 Å². The summed E-state index contributed by atoms with van der Waals surface area (Å²) in [5.41, 5.74) is -2.04. The average molecular weight is 605 g/mol. The number of likely N-dealkylation sites (tertiary alicyclic amines) is 1. The Hall–Kier alpha value is -2.04. The van der Waals surface area contributed by atoms with Gasteiger partial charge >= 0.3 is 12.2 Å². The van der Waals surface area contributed by atoms with Gasteiger partial charge in [-0.3, -0.25) is 4.79 Å². The second-order valence-corrected chi connectivity index (χ2v) is 12.2. The maximum absolute atomic E-state index is 13.5. The highest BCUT2D eigenvalue weighted by Gasteiger charge is 2.50. The predicted molar refractivity (Wildman–Crippen MR) is 146 cm³/mol. The highest BCUT2D eigenvalue weighted by atomic mass is 79.9. The van der Waals surface area contributed by atoms with Crippen LogP contribution in [0.3, 0.4) is 0 Å². The molecular weight excluding hydrogens is 566 g/mol. The van der Waals surface area contributed by atoms with Crippen LogP contribution in [-0.2, 0) is 19.9 Å². The predicted octanol–water partition coefficient (Wildman–Crippen LogP) is 4.44. The molecule has 1 aliphatic rings. The summed E-state index contributed by atoms with van der Waals surface area (Å²) in [5, 5.41) is 18.1. The van der Waals surface area contributed by atoms with Crippen molar-refractivity contribution in [1.82, 2.24) is 15.5 Å². The van der Waals surface area contributed by atoms with Gasteiger partial charge in [0.25, 0.3) is 0 Å². The third-order valence-electron chi connectivity index (χ3n) is 6.63. The standard InChI is InChI=1S/C26H39BrClN3O6/c1-17(2)20(30-22(33)29-15-25(5,6)37-23(34)36-14-12-27)21(32)31-13-11-26(35,24(3,4)16-31)18-7-9-19(28)10-8-18/h7-10,17,20,35H,11-16H2,1-6H3,(H2,29,30,33). The van der Waals surface area contributed by atoms with E-state index in [2.05, 4.69) is 26.6 Å². The molecule has 0 spiro atoms. The summed E-state index contributed by atoms with van der Waals surface area (Å²) in [6.45, 7) is 11.7. The van der Waals surface area contributed by atoms with Gasteiger partial charge in [0.15, 0.2) is 0 Å². The molecule has 3 N–H and O–H groups in total. The Kier molecular flexibility index (Phi) is 10.7. The molecule has 9 nitrogen and oxygen atoms in total. The molecule has 1 heterocycles. The Morgan fingerprint density at radius 1 is 1.22 bits per heavy atom. The molecule has 11 heteroatoms. The molecule has 3 amide bonds. The third kappa shape index (κ3) is 8.22. The molecule has 2 rings (SSSR count). The second kappa shape index (κ2) is 12.7. The van der Waals surface area contributed by atoms with E-state index < -0.39 is 34.8 Å². The molecule has 0 radical (unpaired) electrons. The van der Waals surface area contributed by atoms with Crippen LogP contribution in [-0.4, -0.2) is 71.3 Å². The second-order valence-electron chi connectivity index (χ2n) is 11.0. The van der Waals surface area contributed by atoms with E-state index in [0.29, 0.717) is 29.9 Å². The molecule has 37 heavy (non-hydrogen) atoms. The Balaban J connectivity index is 2.02. The molecule has 0 saturated carbocycles.